The highest BCUT2D eigenvalue weighted by Crippen LogP contribution is 2.20. The molecule has 0 saturated carbocycles. The SMILES string of the molecule is CC(C)(N)C(=O)Nc1ccc(F)c(NC(=O)CCN2CCOCC2)c1. The number of anilines is 2. The average Bonchev–Trinajstić information content (AvgIpc) is 2.56. The van der Waals surface area contributed by atoms with Gasteiger partial charge in [0.05, 0.1) is 24.4 Å². The van der Waals surface area contributed by atoms with E-state index in [2.05, 4.69) is 15.5 Å². The van der Waals surface area contributed by atoms with Crippen LogP contribution in [0.3, 0.4) is 0 Å². The first-order chi connectivity index (χ1) is 11.8. The lowest BCUT2D eigenvalue weighted by Gasteiger charge is -2.26. The van der Waals surface area contributed by atoms with Crippen LogP contribution >= 0.6 is 0 Å². The smallest absolute Gasteiger partial charge is 0.243 e. The van der Waals surface area contributed by atoms with Gasteiger partial charge in [-0.15, -0.1) is 0 Å². The second kappa shape index (κ2) is 8.37. The molecule has 1 aromatic carbocycles. The number of nitrogens with one attached hydrogen (secondary N) is 2. The van der Waals surface area contributed by atoms with Crippen LogP contribution in [0.25, 0.3) is 0 Å². The number of ether oxygens (including phenoxy) is 1. The largest absolute Gasteiger partial charge is 0.379 e. The van der Waals surface area contributed by atoms with Gasteiger partial charge in [-0.2, -0.15) is 0 Å². The first-order valence-corrected chi connectivity index (χ1v) is 8.25. The molecule has 0 aliphatic carbocycles. The van der Waals surface area contributed by atoms with Gasteiger partial charge in [0.2, 0.25) is 11.8 Å². The Morgan fingerprint density at radius 2 is 1.96 bits per heavy atom. The van der Waals surface area contributed by atoms with Crippen molar-refractivity contribution in [3.63, 3.8) is 0 Å². The Kier molecular flexibility index (Phi) is 6.46. The third kappa shape index (κ3) is 6.08. The monoisotopic (exact) mass is 352 g/mol. The lowest BCUT2D eigenvalue weighted by Crippen LogP contribution is -2.45. The Hall–Kier alpha value is -2.03. The molecule has 1 aliphatic heterocycles. The third-order valence-corrected chi connectivity index (χ3v) is 3.84. The van der Waals surface area contributed by atoms with Crippen molar-refractivity contribution in [1.29, 1.82) is 0 Å². The first kappa shape index (κ1) is 19.3. The maximum absolute atomic E-state index is 13.9. The fraction of sp³-hybridized carbons (Fsp3) is 0.529. The summed E-state index contributed by atoms with van der Waals surface area (Å²) in [6.45, 7) is 6.63. The third-order valence-electron chi connectivity index (χ3n) is 3.84. The van der Waals surface area contributed by atoms with Crippen molar-refractivity contribution in [2.45, 2.75) is 25.8 Å². The average molecular weight is 352 g/mol. The number of amides is 2. The maximum Gasteiger partial charge on any atom is 0.243 e. The van der Waals surface area contributed by atoms with Crippen LogP contribution in [0.2, 0.25) is 0 Å². The molecular formula is C17H25FN4O3. The molecule has 1 aromatic rings. The van der Waals surface area contributed by atoms with Crippen molar-refractivity contribution in [2.24, 2.45) is 5.73 Å². The molecule has 1 fully saturated rings. The quantitative estimate of drug-likeness (QED) is 0.714. The number of hydrogen-bond donors (Lipinski definition) is 3. The molecule has 1 saturated heterocycles. The van der Waals surface area contributed by atoms with Crippen molar-refractivity contribution in [3.8, 4) is 0 Å². The van der Waals surface area contributed by atoms with Crippen molar-refractivity contribution in [2.75, 3.05) is 43.5 Å². The van der Waals surface area contributed by atoms with Crippen LogP contribution in [0.4, 0.5) is 15.8 Å². The van der Waals surface area contributed by atoms with E-state index in [1.807, 2.05) is 0 Å². The predicted octanol–water partition coefficient (Wildman–Crippen LogP) is 1.16. The highest BCUT2D eigenvalue weighted by Gasteiger charge is 2.22. The van der Waals surface area contributed by atoms with Crippen molar-refractivity contribution in [3.05, 3.63) is 24.0 Å². The molecule has 0 radical (unpaired) electrons. The second-order valence-corrected chi connectivity index (χ2v) is 6.62. The van der Waals surface area contributed by atoms with Crippen LogP contribution in [0.1, 0.15) is 20.3 Å². The van der Waals surface area contributed by atoms with E-state index in [1.165, 1.54) is 18.2 Å². The van der Waals surface area contributed by atoms with E-state index in [9.17, 15) is 14.0 Å². The fourth-order valence-electron chi connectivity index (χ4n) is 2.29. The number of nitrogens with two attached hydrogens (primary N) is 1. The van der Waals surface area contributed by atoms with Crippen LogP contribution in [0.5, 0.6) is 0 Å². The summed E-state index contributed by atoms with van der Waals surface area (Å²) in [5, 5.41) is 5.15. The van der Waals surface area contributed by atoms with E-state index < -0.39 is 17.3 Å². The van der Waals surface area contributed by atoms with E-state index >= 15 is 0 Å². The van der Waals surface area contributed by atoms with Crippen LogP contribution in [0.15, 0.2) is 18.2 Å². The van der Waals surface area contributed by atoms with Gasteiger partial charge in [-0.25, -0.2) is 4.39 Å². The number of morpholine rings is 1. The predicted molar refractivity (Wildman–Crippen MR) is 93.8 cm³/mol. The number of rotatable bonds is 6. The van der Waals surface area contributed by atoms with E-state index in [-0.39, 0.29) is 18.0 Å². The summed E-state index contributed by atoms with van der Waals surface area (Å²) < 4.78 is 19.2. The molecule has 0 atom stereocenters. The minimum Gasteiger partial charge on any atom is -0.379 e. The van der Waals surface area contributed by atoms with Crippen LogP contribution in [-0.4, -0.2) is 55.1 Å². The van der Waals surface area contributed by atoms with Gasteiger partial charge in [-0.3, -0.25) is 14.5 Å². The van der Waals surface area contributed by atoms with Gasteiger partial charge in [0.1, 0.15) is 5.82 Å². The Bertz CT molecular complexity index is 625. The summed E-state index contributed by atoms with van der Waals surface area (Å²) in [6, 6.07) is 3.99. The summed E-state index contributed by atoms with van der Waals surface area (Å²) in [5.41, 5.74) is 5.05. The maximum atomic E-state index is 13.9. The molecule has 0 aromatic heterocycles. The molecule has 7 nitrogen and oxygen atoms in total. The van der Waals surface area contributed by atoms with Gasteiger partial charge < -0.3 is 21.1 Å². The number of halogens is 1. The van der Waals surface area contributed by atoms with Crippen LogP contribution in [-0.2, 0) is 14.3 Å². The van der Waals surface area contributed by atoms with Crippen molar-refractivity contribution in [1.82, 2.24) is 4.90 Å². The summed E-state index contributed by atoms with van der Waals surface area (Å²) in [5.74, 6) is -1.25. The highest BCUT2D eigenvalue weighted by molar-refractivity contribution is 5.98. The van der Waals surface area contributed by atoms with Gasteiger partial charge in [-0.1, -0.05) is 0 Å². The molecule has 1 aliphatic rings. The highest BCUT2D eigenvalue weighted by atomic mass is 19.1. The van der Waals surface area contributed by atoms with E-state index in [4.69, 9.17) is 10.5 Å². The standard InChI is InChI=1S/C17H25FN4O3/c1-17(2,19)16(24)20-12-3-4-13(18)14(11-12)21-15(23)5-6-22-7-9-25-10-8-22/h3-4,11H,5-10,19H2,1-2H3,(H,20,24)(H,21,23). The van der Waals surface area contributed by atoms with Gasteiger partial charge in [0.15, 0.2) is 0 Å². The van der Waals surface area contributed by atoms with Gasteiger partial charge in [0, 0.05) is 31.7 Å². The molecule has 1 heterocycles. The van der Waals surface area contributed by atoms with Gasteiger partial charge >= 0.3 is 0 Å². The molecule has 0 unspecified atom stereocenters. The topological polar surface area (TPSA) is 96.7 Å². The summed E-state index contributed by atoms with van der Waals surface area (Å²) in [6.07, 6.45) is 0.256. The van der Waals surface area contributed by atoms with Gasteiger partial charge in [0.25, 0.3) is 0 Å². The normalized spacial score (nSPS) is 15.7. The molecule has 0 bridgehead atoms. The molecule has 2 amide bonds. The zero-order chi connectivity index (χ0) is 18.4. The van der Waals surface area contributed by atoms with Crippen molar-refractivity contribution >= 4 is 23.2 Å². The second-order valence-electron chi connectivity index (χ2n) is 6.62. The number of carbonyl (C=O) groups excluding carboxylic acids is 2. The fourth-order valence-corrected chi connectivity index (χ4v) is 2.29. The minimum atomic E-state index is -1.06. The van der Waals surface area contributed by atoms with Gasteiger partial charge in [-0.05, 0) is 32.0 Å². The van der Waals surface area contributed by atoms with Crippen molar-refractivity contribution < 1.29 is 18.7 Å². The zero-order valence-corrected chi connectivity index (χ0v) is 14.6. The number of carbonyl (C=O) groups is 2. The number of benzene rings is 1. The first-order valence-electron chi connectivity index (χ1n) is 8.25. The lowest BCUT2D eigenvalue weighted by molar-refractivity contribution is -0.120. The Balaban J connectivity index is 1.92. The lowest BCUT2D eigenvalue weighted by atomic mass is 10.1. The number of nitrogens with zero attached hydrogens (tertiary/aromatic N) is 1. The van der Waals surface area contributed by atoms with Crippen LogP contribution in [0, 0.1) is 5.82 Å². The van der Waals surface area contributed by atoms with E-state index in [1.54, 1.807) is 13.8 Å². The molecule has 2 rings (SSSR count). The minimum absolute atomic E-state index is 0.0274. The van der Waals surface area contributed by atoms with Crippen LogP contribution < -0.4 is 16.4 Å². The molecule has 8 heteroatoms. The molecule has 25 heavy (non-hydrogen) atoms. The molecular weight excluding hydrogens is 327 g/mol. The van der Waals surface area contributed by atoms with E-state index in [0.29, 0.717) is 25.4 Å². The van der Waals surface area contributed by atoms with E-state index in [0.717, 1.165) is 13.1 Å². The Morgan fingerprint density at radius 3 is 2.60 bits per heavy atom. The molecule has 0 spiro atoms. The number of hydrogen-bond acceptors (Lipinski definition) is 5. The Morgan fingerprint density at radius 1 is 1.28 bits per heavy atom. The Labute approximate surface area is 146 Å². The summed E-state index contributed by atoms with van der Waals surface area (Å²) >= 11 is 0. The summed E-state index contributed by atoms with van der Waals surface area (Å²) in [7, 11) is 0. The summed E-state index contributed by atoms with van der Waals surface area (Å²) in [4.78, 5) is 26.1. The zero-order valence-electron chi connectivity index (χ0n) is 14.6. The molecule has 4 N–H and O–H groups in total. The molecule has 138 valence electrons.